The molecule has 0 bridgehead atoms. The summed E-state index contributed by atoms with van der Waals surface area (Å²) in [7, 11) is -1.86. The second-order valence-electron chi connectivity index (χ2n) is 19.5. The van der Waals surface area contributed by atoms with Crippen LogP contribution in [0.25, 0.3) is 0 Å². The van der Waals surface area contributed by atoms with Crippen molar-refractivity contribution in [2.24, 2.45) is 16.7 Å². The Bertz CT molecular complexity index is 1360. The molecule has 2 aromatic carbocycles. The van der Waals surface area contributed by atoms with Gasteiger partial charge >= 0.3 is 8.60 Å². The van der Waals surface area contributed by atoms with Gasteiger partial charge < -0.3 is 13.6 Å². The number of hydrogen-bond donors (Lipinski definition) is 0. The molecule has 0 radical (unpaired) electrons. The summed E-state index contributed by atoms with van der Waals surface area (Å²) < 4.78 is 20.8. The van der Waals surface area contributed by atoms with Gasteiger partial charge in [-0.3, -0.25) is 0 Å². The third kappa shape index (κ3) is 9.65. The van der Waals surface area contributed by atoms with E-state index in [4.69, 9.17) is 13.6 Å². The molecule has 0 fully saturated rings. The maximum Gasteiger partial charge on any atom is 0.530 e. The van der Waals surface area contributed by atoms with E-state index >= 15 is 0 Å². The first-order valence-electron chi connectivity index (χ1n) is 17.2. The Kier molecular flexibility index (Phi) is 10.8. The molecule has 0 amide bonds. The Morgan fingerprint density at radius 2 is 0.935 bits per heavy atom. The average Bonchev–Trinajstić information content (AvgIpc) is 2.85. The predicted molar refractivity (Wildman–Crippen MR) is 200 cm³/mol. The summed E-state index contributed by atoms with van der Waals surface area (Å²) in [6, 6.07) is 13.2. The first-order valence-corrected chi connectivity index (χ1v) is 18.2. The minimum absolute atomic E-state index is 0.0234. The SMILES string of the molecule is CC(C)(C)C1=CC(C(C)(C)C)CC=C1OP(Oc1ccc(C(C)(C)C)cc1C(C)(C)C)Oc1ccc(C(C)(C)C)cc1C(C)(C)C. The molecule has 0 aliphatic heterocycles. The van der Waals surface area contributed by atoms with Crippen molar-refractivity contribution >= 4 is 8.60 Å². The zero-order chi connectivity index (χ0) is 35.3. The maximum absolute atomic E-state index is 6.94. The van der Waals surface area contributed by atoms with Crippen molar-refractivity contribution in [2.75, 3.05) is 0 Å². The van der Waals surface area contributed by atoms with E-state index in [2.05, 4.69) is 173 Å². The summed E-state index contributed by atoms with van der Waals surface area (Å²) >= 11 is 0. The van der Waals surface area contributed by atoms with Gasteiger partial charge in [-0.15, -0.1) is 0 Å². The minimum atomic E-state index is -1.86. The van der Waals surface area contributed by atoms with Crippen molar-refractivity contribution in [3.63, 3.8) is 0 Å². The second-order valence-corrected chi connectivity index (χ2v) is 20.5. The van der Waals surface area contributed by atoms with Crippen LogP contribution in [0.4, 0.5) is 0 Å². The summed E-state index contributed by atoms with van der Waals surface area (Å²) in [6.07, 6.45) is 5.61. The lowest BCUT2D eigenvalue weighted by atomic mass is 9.72. The molecule has 46 heavy (non-hydrogen) atoms. The van der Waals surface area contributed by atoms with E-state index in [0.29, 0.717) is 5.92 Å². The van der Waals surface area contributed by atoms with Crippen molar-refractivity contribution in [3.05, 3.63) is 82.1 Å². The highest BCUT2D eigenvalue weighted by molar-refractivity contribution is 7.42. The fraction of sp³-hybridized carbons (Fsp3) is 0.619. The van der Waals surface area contributed by atoms with Crippen molar-refractivity contribution < 1.29 is 13.6 Å². The molecule has 0 spiro atoms. The van der Waals surface area contributed by atoms with Crippen LogP contribution in [-0.4, -0.2) is 0 Å². The smallest absolute Gasteiger partial charge is 0.409 e. The van der Waals surface area contributed by atoms with Crippen molar-refractivity contribution in [3.8, 4) is 11.5 Å². The van der Waals surface area contributed by atoms with Gasteiger partial charge in [0.25, 0.3) is 0 Å². The van der Waals surface area contributed by atoms with Gasteiger partial charge in [-0.25, -0.2) is 0 Å². The van der Waals surface area contributed by atoms with Crippen molar-refractivity contribution in [2.45, 2.75) is 153 Å². The van der Waals surface area contributed by atoms with Crippen LogP contribution >= 0.6 is 8.60 Å². The third-order valence-electron chi connectivity index (χ3n) is 8.94. The average molecular weight is 649 g/mol. The maximum atomic E-state index is 6.94. The molecule has 0 aromatic heterocycles. The Labute approximate surface area is 284 Å². The minimum Gasteiger partial charge on any atom is -0.409 e. The first kappa shape index (κ1) is 38.2. The Morgan fingerprint density at radius 3 is 1.26 bits per heavy atom. The first-order chi connectivity index (χ1) is 20.6. The van der Waals surface area contributed by atoms with Gasteiger partial charge in [-0.1, -0.05) is 155 Å². The van der Waals surface area contributed by atoms with E-state index in [1.807, 2.05) is 0 Å². The summed E-state index contributed by atoms with van der Waals surface area (Å²) in [5.41, 5.74) is 5.89. The van der Waals surface area contributed by atoms with Crippen LogP contribution in [0.15, 0.2) is 59.9 Å². The number of rotatable bonds is 6. The Balaban J connectivity index is 2.18. The van der Waals surface area contributed by atoms with Crippen LogP contribution in [0.1, 0.15) is 153 Å². The monoisotopic (exact) mass is 648 g/mol. The van der Waals surface area contributed by atoms with Gasteiger partial charge in [0.1, 0.15) is 17.3 Å². The van der Waals surface area contributed by atoms with Crippen LogP contribution in [0.2, 0.25) is 0 Å². The molecule has 256 valence electrons. The third-order valence-corrected chi connectivity index (χ3v) is 9.97. The molecule has 3 rings (SSSR count). The largest absolute Gasteiger partial charge is 0.530 e. The summed E-state index contributed by atoms with van der Waals surface area (Å²) in [5, 5.41) is 0. The van der Waals surface area contributed by atoms with Crippen LogP contribution in [0, 0.1) is 16.7 Å². The summed E-state index contributed by atoms with van der Waals surface area (Å²) in [5.74, 6) is 2.91. The van der Waals surface area contributed by atoms with Gasteiger partial charge in [0.15, 0.2) is 0 Å². The van der Waals surface area contributed by atoms with E-state index in [0.717, 1.165) is 34.8 Å². The van der Waals surface area contributed by atoms with E-state index in [1.165, 1.54) is 16.7 Å². The molecule has 4 heteroatoms. The van der Waals surface area contributed by atoms with Gasteiger partial charge in [-0.2, -0.15) is 0 Å². The highest BCUT2D eigenvalue weighted by atomic mass is 31.2. The predicted octanol–water partition coefficient (Wildman–Crippen LogP) is 13.5. The molecule has 1 aliphatic carbocycles. The van der Waals surface area contributed by atoms with Crippen molar-refractivity contribution in [1.82, 2.24) is 0 Å². The molecular weight excluding hydrogens is 583 g/mol. The molecule has 0 heterocycles. The lowest BCUT2D eigenvalue weighted by Gasteiger charge is -2.36. The van der Waals surface area contributed by atoms with Crippen LogP contribution in [0.5, 0.6) is 11.5 Å². The quantitative estimate of drug-likeness (QED) is 0.292. The van der Waals surface area contributed by atoms with Crippen LogP contribution in [0.3, 0.4) is 0 Å². The Hall–Kier alpha value is -2.25. The van der Waals surface area contributed by atoms with E-state index < -0.39 is 8.60 Å². The second kappa shape index (κ2) is 13.0. The number of hydrogen-bond acceptors (Lipinski definition) is 3. The molecule has 1 atom stereocenters. The molecule has 0 saturated heterocycles. The fourth-order valence-electron chi connectivity index (χ4n) is 5.63. The topological polar surface area (TPSA) is 27.7 Å². The van der Waals surface area contributed by atoms with E-state index in [-0.39, 0.29) is 32.5 Å². The van der Waals surface area contributed by atoms with Gasteiger partial charge in [-0.05, 0) is 79.7 Å². The summed E-state index contributed by atoms with van der Waals surface area (Å²) in [4.78, 5) is 0. The van der Waals surface area contributed by atoms with Crippen LogP contribution < -0.4 is 9.05 Å². The summed E-state index contributed by atoms with van der Waals surface area (Å²) in [6.45, 7) is 40.7. The highest BCUT2D eigenvalue weighted by Crippen LogP contribution is 2.52. The normalized spacial score (nSPS) is 17.1. The molecule has 2 aromatic rings. The van der Waals surface area contributed by atoms with E-state index in [9.17, 15) is 0 Å². The lowest BCUT2D eigenvalue weighted by molar-refractivity contribution is 0.270. The fourth-order valence-corrected chi connectivity index (χ4v) is 6.71. The number of allylic oxidation sites excluding steroid dienone is 3. The molecule has 1 unspecified atom stereocenters. The molecule has 0 saturated carbocycles. The number of benzene rings is 2. The van der Waals surface area contributed by atoms with E-state index in [1.54, 1.807) is 0 Å². The molecule has 0 N–H and O–H groups in total. The van der Waals surface area contributed by atoms with Gasteiger partial charge in [0.2, 0.25) is 0 Å². The zero-order valence-corrected chi connectivity index (χ0v) is 33.5. The van der Waals surface area contributed by atoms with Crippen LogP contribution in [-0.2, 0) is 26.2 Å². The van der Waals surface area contributed by atoms with Crippen molar-refractivity contribution in [1.29, 1.82) is 0 Å². The van der Waals surface area contributed by atoms with Gasteiger partial charge in [0, 0.05) is 11.1 Å². The zero-order valence-electron chi connectivity index (χ0n) is 32.6. The molecule has 1 aliphatic rings. The lowest BCUT2D eigenvalue weighted by Crippen LogP contribution is -2.25. The standard InChI is InChI=1S/C42H65O3P/c1-37(2,3)28-19-22-34(31(25-28)40(10,11)12)43-46(44-35-23-20-29(38(4,5)6)26-32(35)41(13,14)15)45-36-24-21-30(39(7,8)9)27-33(36)42(16,17)18/h19-20,22-27,30H,21H2,1-18H3. The van der Waals surface area contributed by atoms with Gasteiger partial charge in [0.05, 0.1) is 0 Å². The Morgan fingerprint density at radius 1 is 0.522 bits per heavy atom. The highest BCUT2D eigenvalue weighted by Gasteiger charge is 2.36. The molecule has 3 nitrogen and oxygen atoms in total. The molecular formula is C42H65O3P.